The monoisotopic (exact) mass is 446 g/mol. The maximum Gasteiger partial charge on any atom is 0.338 e. The molecular formula is C27H26O6. The predicted octanol–water partition coefficient (Wildman–Crippen LogP) is 5.10. The Hall–Kier alpha value is -3.80. The summed E-state index contributed by atoms with van der Waals surface area (Å²) in [4.78, 5) is 25.2. The van der Waals surface area contributed by atoms with Crippen molar-refractivity contribution in [2.45, 2.75) is 19.3 Å². The third-order valence-corrected chi connectivity index (χ3v) is 6.04. The third-order valence-electron chi connectivity index (χ3n) is 6.04. The second kappa shape index (κ2) is 9.36. The van der Waals surface area contributed by atoms with Crippen molar-refractivity contribution in [1.82, 2.24) is 0 Å². The molecular weight excluding hydrogens is 420 g/mol. The van der Waals surface area contributed by atoms with E-state index in [1.54, 1.807) is 26.4 Å². The van der Waals surface area contributed by atoms with Crippen molar-refractivity contribution >= 4 is 11.9 Å². The van der Waals surface area contributed by atoms with Crippen molar-refractivity contribution < 1.29 is 28.5 Å². The summed E-state index contributed by atoms with van der Waals surface area (Å²) in [6, 6.07) is 15.4. The molecule has 4 bridgehead atoms. The summed E-state index contributed by atoms with van der Waals surface area (Å²) in [5.41, 5.74) is 5.92. The number of ether oxygens (including phenoxy) is 4. The zero-order chi connectivity index (χ0) is 23.5. The summed E-state index contributed by atoms with van der Waals surface area (Å²) in [6.45, 7) is 0. The van der Waals surface area contributed by atoms with Crippen LogP contribution in [-0.2, 0) is 22.3 Å². The normalized spacial score (nSPS) is 12.1. The first-order valence-corrected chi connectivity index (χ1v) is 10.7. The molecule has 6 heteroatoms. The third kappa shape index (κ3) is 4.16. The van der Waals surface area contributed by atoms with Gasteiger partial charge in [0.05, 0.1) is 39.6 Å². The Morgan fingerprint density at radius 3 is 1.42 bits per heavy atom. The lowest BCUT2D eigenvalue weighted by molar-refractivity contribution is 0.0555. The number of benzene rings is 3. The fourth-order valence-corrected chi connectivity index (χ4v) is 4.39. The molecule has 0 amide bonds. The van der Waals surface area contributed by atoms with Crippen molar-refractivity contribution in [1.29, 1.82) is 0 Å². The van der Waals surface area contributed by atoms with E-state index in [4.69, 9.17) is 18.9 Å². The van der Waals surface area contributed by atoms with Crippen molar-refractivity contribution in [2.75, 3.05) is 28.4 Å². The molecule has 0 aromatic heterocycles. The summed E-state index contributed by atoms with van der Waals surface area (Å²) in [6.07, 6.45) is 2.56. The van der Waals surface area contributed by atoms with Crippen molar-refractivity contribution in [2.24, 2.45) is 0 Å². The Labute approximate surface area is 193 Å². The molecule has 0 fully saturated rings. The summed E-state index contributed by atoms with van der Waals surface area (Å²) >= 11 is 0. The van der Waals surface area contributed by atoms with E-state index >= 15 is 0 Å². The van der Waals surface area contributed by atoms with Gasteiger partial charge in [-0.05, 0) is 89.0 Å². The van der Waals surface area contributed by atoms with Gasteiger partial charge in [0.2, 0.25) is 0 Å². The van der Waals surface area contributed by atoms with Crippen LogP contribution in [0.15, 0.2) is 48.5 Å². The maximum absolute atomic E-state index is 12.6. The van der Waals surface area contributed by atoms with E-state index in [2.05, 4.69) is 12.1 Å². The van der Waals surface area contributed by atoms with Crippen LogP contribution in [0.2, 0.25) is 0 Å². The van der Waals surface area contributed by atoms with Gasteiger partial charge in [-0.15, -0.1) is 0 Å². The number of hydrogen-bond acceptors (Lipinski definition) is 6. The van der Waals surface area contributed by atoms with Crippen LogP contribution in [0.25, 0.3) is 22.3 Å². The molecule has 0 aliphatic heterocycles. The van der Waals surface area contributed by atoms with Gasteiger partial charge in [0.15, 0.2) is 0 Å². The van der Waals surface area contributed by atoms with E-state index < -0.39 is 11.9 Å². The van der Waals surface area contributed by atoms with Gasteiger partial charge in [-0.2, -0.15) is 0 Å². The van der Waals surface area contributed by atoms with E-state index in [0.29, 0.717) is 0 Å². The molecule has 0 saturated carbocycles. The number of carbonyl (C=O) groups is 2. The summed E-state index contributed by atoms with van der Waals surface area (Å²) in [5.74, 6) is 0.434. The van der Waals surface area contributed by atoms with Gasteiger partial charge in [0, 0.05) is 0 Å². The van der Waals surface area contributed by atoms with Gasteiger partial charge >= 0.3 is 11.9 Å². The van der Waals surface area contributed by atoms with E-state index in [1.807, 2.05) is 24.3 Å². The molecule has 3 aromatic rings. The van der Waals surface area contributed by atoms with E-state index in [0.717, 1.165) is 64.1 Å². The van der Waals surface area contributed by atoms with Crippen LogP contribution in [0.1, 0.15) is 38.3 Å². The average Bonchev–Trinajstić information content (AvgIpc) is 2.87. The van der Waals surface area contributed by atoms with Crippen LogP contribution in [0.3, 0.4) is 0 Å². The summed E-state index contributed by atoms with van der Waals surface area (Å²) < 4.78 is 21.1. The Morgan fingerprint density at radius 1 is 0.636 bits per heavy atom. The minimum atomic E-state index is -0.600. The maximum atomic E-state index is 12.6. The minimum Gasteiger partial charge on any atom is -0.496 e. The number of fused-ring (bicyclic) bond motifs is 7. The first kappa shape index (κ1) is 22.4. The van der Waals surface area contributed by atoms with Crippen LogP contribution in [0.4, 0.5) is 0 Å². The van der Waals surface area contributed by atoms with Gasteiger partial charge in [-0.25, -0.2) is 9.59 Å². The van der Waals surface area contributed by atoms with Gasteiger partial charge < -0.3 is 18.9 Å². The van der Waals surface area contributed by atoms with Crippen LogP contribution in [-0.4, -0.2) is 40.4 Å². The Morgan fingerprint density at radius 2 is 1.06 bits per heavy atom. The highest BCUT2D eigenvalue weighted by Gasteiger charge is 2.24. The molecule has 1 aliphatic carbocycles. The molecule has 6 nitrogen and oxygen atoms in total. The quantitative estimate of drug-likeness (QED) is 0.520. The lowest BCUT2D eigenvalue weighted by atomic mass is 9.88. The molecule has 0 atom stereocenters. The number of carbonyl (C=O) groups excluding carboxylic acids is 2. The van der Waals surface area contributed by atoms with Crippen LogP contribution < -0.4 is 9.47 Å². The Kier molecular flexibility index (Phi) is 6.36. The van der Waals surface area contributed by atoms with Gasteiger partial charge in [-0.3, -0.25) is 0 Å². The number of esters is 2. The number of methoxy groups -OCH3 is 4. The van der Waals surface area contributed by atoms with E-state index in [1.165, 1.54) is 14.2 Å². The van der Waals surface area contributed by atoms with Crippen LogP contribution in [0, 0.1) is 0 Å². The fraction of sp³-hybridized carbons (Fsp3) is 0.259. The predicted molar refractivity (Wildman–Crippen MR) is 125 cm³/mol. The van der Waals surface area contributed by atoms with Crippen LogP contribution >= 0.6 is 0 Å². The molecule has 170 valence electrons. The molecule has 0 heterocycles. The van der Waals surface area contributed by atoms with Crippen molar-refractivity contribution in [3.8, 4) is 33.8 Å². The number of rotatable bonds is 4. The van der Waals surface area contributed by atoms with Gasteiger partial charge in [0.1, 0.15) is 11.5 Å². The van der Waals surface area contributed by atoms with E-state index in [-0.39, 0.29) is 11.1 Å². The SMILES string of the molecule is COC(=O)c1cc2c(cc1C(=O)OC)-c1ccc(OC)c(c1)CCCc1cc-2ccc1OC. The average molecular weight is 446 g/mol. The molecule has 4 rings (SSSR count). The summed E-state index contributed by atoms with van der Waals surface area (Å²) in [5, 5.41) is 0. The topological polar surface area (TPSA) is 71.1 Å². The molecule has 0 unspecified atom stereocenters. The molecule has 0 radical (unpaired) electrons. The second-order valence-corrected chi connectivity index (χ2v) is 7.83. The standard InChI is InChI=1S/C27H26O6/c1-30-24-10-8-16-12-18(24)6-5-7-19-13-17(9-11-25(19)31-2)21-15-23(27(29)33-4)22(14-20(16)21)26(28)32-3/h8-15H,5-7H2,1-4H3. The lowest BCUT2D eigenvalue weighted by Gasteiger charge is -2.17. The Balaban J connectivity index is 2.07. The largest absolute Gasteiger partial charge is 0.496 e. The Bertz CT molecular complexity index is 1130. The zero-order valence-corrected chi connectivity index (χ0v) is 19.2. The minimum absolute atomic E-state index is 0.157. The molecule has 0 N–H and O–H groups in total. The molecule has 1 aliphatic rings. The smallest absolute Gasteiger partial charge is 0.338 e. The number of aryl methyl sites for hydroxylation is 2. The van der Waals surface area contributed by atoms with E-state index in [9.17, 15) is 9.59 Å². The molecule has 0 spiro atoms. The molecule has 3 aromatic carbocycles. The van der Waals surface area contributed by atoms with Crippen molar-refractivity contribution in [3.05, 3.63) is 70.8 Å². The first-order valence-electron chi connectivity index (χ1n) is 10.7. The van der Waals surface area contributed by atoms with Gasteiger partial charge in [0.25, 0.3) is 0 Å². The summed E-state index contributed by atoms with van der Waals surface area (Å²) in [7, 11) is 5.91. The number of hydrogen-bond donors (Lipinski definition) is 0. The molecule has 33 heavy (non-hydrogen) atoms. The highest BCUT2D eigenvalue weighted by atomic mass is 16.5. The zero-order valence-electron chi connectivity index (χ0n) is 19.2. The first-order chi connectivity index (χ1) is 16.0. The van der Waals surface area contributed by atoms with Gasteiger partial charge in [-0.1, -0.05) is 12.1 Å². The van der Waals surface area contributed by atoms with Crippen LogP contribution in [0.5, 0.6) is 11.5 Å². The lowest BCUT2D eigenvalue weighted by Crippen LogP contribution is -2.12. The second-order valence-electron chi connectivity index (χ2n) is 7.83. The molecule has 0 saturated heterocycles. The highest BCUT2D eigenvalue weighted by Crippen LogP contribution is 2.39. The van der Waals surface area contributed by atoms with Crippen molar-refractivity contribution in [3.63, 3.8) is 0 Å². The fourth-order valence-electron chi connectivity index (χ4n) is 4.39. The highest BCUT2D eigenvalue weighted by molar-refractivity contribution is 6.06.